The summed E-state index contributed by atoms with van der Waals surface area (Å²) in [5.41, 5.74) is 0.744. The van der Waals surface area contributed by atoms with Crippen molar-refractivity contribution in [3.8, 4) is 5.75 Å². The predicted octanol–water partition coefficient (Wildman–Crippen LogP) is 4.08. The van der Waals surface area contributed by atoms with Crippen molar-refractivity contribution in [1.29, 1.82) is 0 Å². The van der Waals surface area contributed by atoms with Crippen LogP contribution < -0.4 is 4.74 Å². The molecular formula is C18H20BrNO5S. The Labute approximate surface area is 165 Å². The topological polar surface area (TPSA) is 72.9 Å². The maximum absolute atomic E-state index is 12.4. The molecule has 6 nitrogen and oxygen atoms in total. The van der Waals surface area contributed by atoms with Crippen LogP contribution in [0.4, 0.5) is 4.79 Å². The first-order valence-electron chi connectivity index (χ1n) is 8.15. The van der Waals surface area contributed by atoms with Gasteiger partial charge in [-0.2, -0.15) is 0 Å². The van der Waals surface area contributed by atoms with Crippen molar-refractivity contribution in [2.24, 2.45) is 5.92 Å². The highest BCUT2D eigenvalue weighted by Crippen LogP contribution is 2.33. The Morgan fingerprint density at radius 1 is 1.35 bits per heavy atom. The summed E-state index contributed by atoms with van der Waals surface area (Å²) in [6, 6.07) is 5.38. The molecule has 1 fully saturated rings. The zero-order valence-corrected chi connectivity index (χ0v) is 17.2. The van der Waals surface area contributed by atoms with Crippen LogP contribution in [0.1, 0.15) is 26.3 Å². The van der Waals surface area contributed by atoms with Crippen LogP contribution >= 0.6 is 27.7 Å². The number of esters is 1. The second-order valence-electron chi connectivity index (χ2n) is 5.97. The number of carbonyl (C=O) groups is 3. The Balaban J connectivity index is 2.09. The van der Waals surface area contributed by atoms with Crippen molar-refractivity contribution < 1.29 is 23.9 Å². The molecule has 2 rings (SSSR count). The highest BCUT2D eigenvalue weighted by atomic mass is 79.9. The molecule has 1 aromatic carbocycles. The Hall–Kier alpha value is -1.80. The Morgan fingerprint density at radius 2 is 2.08 bits per heavy atom. The Morgan fingerprint density at radius 3 is 2.69 bits per heavy atom. The standard InChI is InChI=1S/C18H20BrNO5S/c1-4-24-14-6-5-12(7-13(14)19)8-15-17(22)20(18(23)26-15)9-16(21)25-10-11(2)3/h5-8,11H,4,9-10H2,1-3H3/b15-8-. The number of ether oxygens (including phenoxy) is 2. The average molecular weight is 442 g/mol. The van der Waals surface area contributed by atoms with Crippen LogP contribution in [0.15, 0.2) is 27.6 Å². The maximum Gasteiger partial charge on any atom is 0.326 e. The minimum Gasteiger partial charge on any atom is -0.493 e. The number of hydrogen-bond donors (Lipinski definition) is 0. The van der Waals surface area contributed by atoms with Gasteiger partial charge in [0.1, 0.15) is 12.3 Å². The molecule has 0 spiro atoms. The minimum absolute atomic E-state index is 0.187. The third-order valence-electron chi connectivity index (χ3n) is 3.29. The van der Waals surface area contributed by atoms with E-state index in [1.165, 1.54) is 0 Å². The molecule has 0 N–H and O–H groups in total. The second kappa shape index (κ2) is 9.23. The van der Waals surface area contributed by atoms with Crippen LogP contribution in [0.3, 0.4) is 0 Å². The van der Waals surface area contributed by atoms with E-state index in [-0.39, 0.29) is 24.0 Å². The lowest BCUT2D eigenvalue weighted by molar-refractivity contribution is -0.147. The number of thioether (sulfide) groups is 1. The van der Waals surface area contributed by atoms with E-state index in [9.17, 15) is 14.4 Å². The van der Waals surface area contributed by atoms with Gasteiger partial charge in [-0.3, -0.25) is 19.3 Å². The highest BCUT2D eigenvalue weighted by Gasteiger charge is 2.36. The molecule has 1 saturated heterocycles. The van der Waals surface area contributed by atoms with Crippen molar-refractivity contribution in [1.82, 2.24) is 4.90 Å². The summed E-state index contributed by atoms with van der Waals surface area (Å²) in [6.45, 7) is 6.13. The molecule has 26 heavy (non-hydrogen) atoms. The van der Waals surface area contributed by atoms with Gasteiger partial charge in [-0.1, -0.05) is 19.9 Å². The van der Waals surface area contributed by atoms with Gasteiger partial charge >= 0.3 is 5.97 Å². The predicted molar refractivity (Wildman–Crippen MR) is 104 cm³/mol. The lowest BCUT2D eigenvalue weighted by Crippen LogP contribution is -2.34. The van der Waals surface area contributed by atoms with Gasteiger partial charge in [0.2, 0.25) is 0 Å². The lowest BCUT2D eigenvalue weighted by atomic mass is 10.2. The number of halogens is 1. The van der Waals surface area contributed by atoms with Crippen molar-refractivity contribution in [2.45, 2.75) is 20.8 Å². The minimum atomic E-state index is -0.592. The molecule has 0 aromatic heterocycles. The zero-order valence-electron chi connectivity index (χ0n) is 14.8. The molecule has 8 heteroatoms. The first-order valence-corrected chi connectivity index (χ1v) is 9.76. The number of amides is 2. The molecule has 140 valence electrons. The fraction of sp³-hybridized carbons (Fsp3) is 0.389. The first-order chi connectivity index (χ1) is 12.3. The summed E-state index contributed by atoms with van der Waals surface area (Å²) in [6.07, 6.45) is 1.62. The van der Waals surface area contributed by atoms with Crippen LogP contribution in [0.25, 0.3) is 6.08 Å². The summed E-state index contributed by atoms with van der Waals surface area (Å²) in [5.74, 6) is -0.199. The largest absolute Gasteiger partial charge is 0.493 e. The monoisotopic (exact) mass is 441 g/mol. The molecule has 2 amide bonds. The molecule has 0 aliphatic carbocycles. The number of hydrogen-bond acceptors (Lipinski definition) is 6. The van der Waals surface area contributed by atoms with Gasteiger partial charge in [-0.15, -0.1) is 0 Å². The highest BCUT2D eigenvalue weighted by molar-refractivity contribution is 9.10. The van der Waals surface area contributed by atoms with Crippen molar-refractivity contribution >= 4 is 50.9 Å². The molecular weight excluding hydrogens is 422 g/mol. The number of rotatable bonds is 7. The van der Waals surface area contributed by atoms with Gasteiger partial charge < -0.3 is 9.47 Å². The zero-order chi connectivity index (χ0) is 19.3. The number of benzene rings is 1. The van der Waals surface area contributed by atoms with Crippen LogP contribution in [-0.4, -0.2) is 41.8 Å². The summed E-state index contributed by atoms with van der Waals surface area (Å²) in [5, 5.41) is -0.479. The van der Waals surface area contributed by atoms with E-state index in [1.54, 1.807) is 24.3 Å². The van der Waals surface area contributed by atoms with E-state index in [2.05, 4.69) is 15.9 Å². The third-order valence-corrected chi connectivity index (χ3v) is 4.82. The van der Waals surface area contributed by atoms with E-state index in [4.69, 9.17) is 9.47 Å². The molecule has 0 bridgehead atoms. The quantitative estimate of drug-likeness (QED) is 0.468. The number of carbonyl (C=O) groups excluding carboxylic acids is 3. The summed E-state index contributed by atoms with van der Waals surface area (Å²) in [7, 11) is 0. The van der Waals surface area contributed by atoms with Crippen LogP contribution in [0.5, 0.6) is 5.75 Å². The average Bonchev–Trinajstić information content (AvgIpc) is 2.83. The maximum atomic E-state index is 12.4. The molecule has 0 atom stereocenters. The van der Waals surface area contributed by atoms with Crippen molar-refractivity contribution in [3.05, 3.63) is 33.1 Å². The van der Waals surface area contributed by atoms with Gasteiger partial charge in [0.05, 0.1) is 22.6 Å². The van der Waals surface area contributed by atoms with Crippen LogP contribution in [0, 0.1) is 5.92 Å². The SMILES string of the molecule is CCOc1ccc(/C=C2\SC(=O)N(CC(=O)OCC(C)C)C2=O)cc1Br. The van der Waals surface area contributed by atoms with Gasteiger partial charge in [0, 0.05) is 0 Å². The fourth-order valence-electron chi connectivity index (χ4n) is 2.10. The van der Waals surface area contributed by atoms with E-state index in [1.807, 2.05) is 20.8 Å². The summed E-state index contributed by atoms with van der Waals surface area (Å²) >= 11 is 4.22. The van der Waals surface area contributed by atoms with Gasteiger partial charge in [0.25, 0.3) is 11.1 Å². The van der Waals surface area contributed by atoms with Crippen molar-refractivity contribution in [2.75, 3.05) is 19.8 Å². The molecule has 1 heterocycles. The Kier molecular flexibility index (Phi) is 7.28. The van der Waals surface area contributed by atoms with E-state index < -0.39 is 17.1 Å². The van der Waals surface area contributed by atoms with Gasteiger partial charge in [-0.05, 0) is 64.3 Å². The smallest absolute Gasteiger partial charge is 0.326 e. The molecule has 1 aliphatic rings. The molecule has 0 saturated carbocycles. The number of imide groups is 1. The normalized spacial score (nSPS) is 15.9. The molecule has 1 aromatic rings. The first kappa shape index (κ1) is 20.5. The molecule has 0 radical (unpaired) electrons. The molecule has 0 unspecified atom stereocenters. The van der Waals surface area contributed by atoms with Crippen LogP contribution in [-0.2, 0) is 14.3 Å². The van der Waals surface area contributed by atoms with Crippen LogP contribution in [0.2, 0.25) is 0 Å². The summed E-state index contributed by atoms with van der Waals surface area (Å²) < 4.78 is 11.2. The second-order valence-corrected chi connectivity index (χ2v) is 7.82. The van der Waals surface area contributed by atoms with Gasteiger partial charge in [0.15, 0.2) is 0 Å². The van der Waals surface area contributed by atoms with Gasteiger partial charge in [-0.25, -0.2) is 0 Å². The Bertz CT molecular complexity index is 747. The fourth-order valence-corrected chi connectivity index (χ4v) is 3.45. The van der Waals surface area contributed by atoms with E-state index in [0.29, 0.717) is 12.4 Å². The third kappa shape index (κ3) is 5.35. The number of nitrogens with zero attached hydrogens (tertiary/aromatic N) is 1. The lowest BCUT2D eigenvalue weighted by Gasteiger charge is -2.12. The summed E-state index contributed by atoms with van der Waals surface area (Å²) in [4.78, 5) is 37.4. The van der Waals surface area contributed by atoms with E-state index >= 15 is 0 Å². The van der Waals surface area contributed by atoms with E-state index in [0.717, 1.165) is 26.7 Å². The van der Waals surface area contributed by atoms with Crippen molar-refractivity contribution in [3.63, 3.8) is 0 Å². The molecule has 1 aliphatic heterocycles.